The van der Waals surface area contributed by atoms with E-state index < -0.39 is 73.1 Å². The lowest BCUT2D eigenvalue weighted by atomic mass is 9.91. The van der Waals surface area contributed by atoms with Crippen molar-refractivity contribution in [1.29, 1.82) is 0 Å². The first-order valence-electron chi connectivity index (χ1n) is 17.2. The molecule has 0 saturated carbocycles. The van der Waals surface area contributed by atoms with Crippen molar-refractivity contribution in [3.63, 3.8) is 0 Å². The lowest BCUT2D eigenvalue weighted by molar-refractivity contribution is -0.245. The number of esters is 5. The Morgan fingerprint density at radius 3 is 1.20 bits per heavy atom. The minimum atomic E-state index is -1.57. The number of carbonyl (C=O) groups excluding carboxylic acids is 5. The Hall–Kier alpha value is -6.59. The SMILES string of the molecule is CC(OC(=O)c1ccccc1)[C@H]1O[C@H](COC(=O)c2ccccc2)[C@@H](OC(=O)c2ccccc2)[C@H](OC(=O)c2ccccc2)[C@H]1OC(=O)c1ccccc1. The minimum Gasteiger partial charge on any atom is -0.459 e. The molecule has 274 valence electrons. The molecular formula is C43H36O11. The Morgan fingerprint density at radius 2 is 0.796 bits per heavy atom. The van der Waals surface area contributed by atoms with Gasteiger partial charge in [0, 0.05) is 0 Å². The molecule has 0 radical (unpaired) electrons. The zero-order valence-corrected chi connectivity index (χ0v) is 29.1. The third kappa shape index (κ3) is 9.25. The molecule has 0 aliphatic carbocycles. The number of hydrogen-bond donors (Lipinski definition) is 0. The van der Waals surface area contributed by atoms with Gasteiger partial charge in [-0.3, -0.25) is 0 Å². The van der Waals surface area contributed by atoms with E-state index in [1.165, 1.54) is 43.3 Å². The summed E-state index contributed by atoms with van der Waals surface area (Å²) in [5, 5.41) is 0. The van der Waals surface area contributed by atoms with Gasteiger partial charge in [-0.05, 0) is 67.6 Å². The molecule has 11 nitrogen and oxygen atoms in total. The van der Waals surface area contributed by atoms with Crippen molar-refractivity contribution in [2.75, 3.05) is 6.61 Å². The smallest absolute Gasteiger partial charge is 0.338 e. The monoisotopic (exact) mass is 728 g/mol. The van der Waals surface area contributed by atoms with Crippen LogP contribution in [0, 0.1) is 0 Å². The Balaban J connectivity index is 1.42. The van der Waals surface area contributed by atoms with Crippen molar-refractivity contribution in [3.8, 4) is 0 Å². The van der Waals surface area contributed by atoms with Crippen molar-refractivity contribution in [3.05, 3.63) is 179 Å². The number of benzene rings is 5. The third-order valence-electron chi connectivity index (χ3n) is 8.58. The van der Waals surface area contributed by atoms with Crippen LogP contribution in [0.4, 0.5) is 0 Å². The molecule has 54 heavy (non-hydrogen) atoms. The van der Waals surface area contributed by atoms with Crippen LogP contribution in [-0.2, 0) is 28.4 Å². The van der Waals surface area contributed by atoms with Gasteiger partial charge in [0.2, 0.25) is 0 Å². The number of carbonyl (C=O) groups is 5. The van der Waals surface area contributed by atoms with E-state index in [1.807, 2.05) is 0 Å². The second-order valence-electron chi connectivity index (χ2n) is 12.3. The molecule has 0 spiro atoms. The summed E-state index contributed by atoms with van der Waals surface area (Å²) in [6.07, 6.45) is -8.45. The Bertz CT molecular complexity index is 2020. The third-order valence-corrected chi connectivity index (χ3v) is 8.58. The molecule has 0 aromatic heterocycles. The maximum absolute atomic E-state index is 13.8. The highest BCUT2D eigenvalue weighted by atomic mass is 16.7. The normalized spacial score (nSPS) is 19.7. The Labute approximate surface area is 311 Å². The summed E-state index contributed by atoms with van der Waals surface area (Å²) in [7, 11) is 0. The van der Waals surface area contributed by atoms with Gasteiger partial charge < -0.3 is 28.4 Å². The minimum absolute atomic E-state index is 0.150. The molecule has 6 atom stereocenters. The summed E-state index contributed by atoms with van der Waals surface area (Å²) in [6.45, 7) is 1.02. The molecule has 5 aromatic carbocycles. The quantitative estimate of drug-likeness (QED) is 0.102. The van der Waals surface area contributed by atoms with Crippen molar-refractivity contribution in [2.24, 2.45) is 0 Å². The zero-order chi connectivity index (χ0) is 37.9. The first-order chi connectivity index (χ1) is 26.3. The van der Waals surface area contributed by atoms with Gasteiger partial charge in [0.1, 0.15) is 24.9 Å². The number of rotatable bonds is 12. The first-order valence-corrected chi connectivity index (χ1v) is 17.2. The van der Waals surface area contributed by atoms with Crippen molar-refractivity contribution >= 4 is 29.8 Å². The molecular weight excluding hydrogens is 692 g/mol. The fraction of sp³-hybridized carbons (Fsp3) is 0.186. The van der Waals surface area contributed by atoms with Crippen LogP contribution < -0.4 is 0 Å². The van der Waals surface area contributed by atoms with Crippen LogP contribution in [0.1, 0.15) is 58.7 Å². The summed E-state index contributed by atoms with van der Waals surface area (Å²) in [4.78, 5) is 67.7. The van der Waals surface area contributed by atoms with E-state index in [0.29, 0.717) is 0 Å². The van der Waals surface area contributed by atoms with Crippen molar-refractivity contribution in [2.45, 2.75) is 43.5 Å². The molecule has 1 aliphatic rings. The van der Waals surface area contributed by atoms with E-state index in [1.54, 1.807) is 115 Å². The van der Waals surface area contributed by atoms with Crippen molar-refractivity contribution in [1.82, 2.24) is 0 Å². The largest absolute Gasteiger partial charge is 0.459 e. The van der Waals surface area contributed by atoms with Crippen LogP contribution in [0.5, 0.6) is 0 Å². The summed E-state index contributed by atoms with van der Waals surface area (Å²) in [6, 6.07) is 40.6. The number of hydrogen-bond acceptors (Lipinski definition) is 11. The molecule has 0 amide bonds. The van der Waals surface area contributed by atoms with E-state index in [0.717, 1.165) is 0 Å². The van der Waals surface area contributed by atoms with E-state index in [9.17, 15) is 24.0 Å². The van der Waals surface area contributed by atoms with Gasteiger partial charge in [-0.25, -0.2) is 24.0 Å². The van der Waals surface area contributed by atoms with E-state index in [-0.39, 0.29) is 27.8 Å². The van der Waals surface area contributed by atoms with Gasteiger partial charge >= 0.3 is 29.8 Å². The maximum Gasteiger partial charge on any atom is 0.338 e. The average Bonchev–Trinajstić information content (AvgIpc) is 3.22. The van der Waals surface area contributed by atoms with Crippen molar-refractivity contribution < 1.29 is 52.4 Å². The summed E-state index contributed by atoms with van der Waals surface area (Å²) in [5.41, 5.74) is 0.964. The lowest BCUT2D eigenvalue weighted by Gasteiger charge is -2.46. The van der Waals surface area contributed by atoms with Crippen LogP contribution in [-0.4, -0.2) is 73.1 Å². The highest BCUT2D eigenvalue weighted by molar-refractivity contribution is 5.92. The van der Waals surface area contributed by atoms with Gasteiger partial charge in [0.25, 0.3) is 0 Å². The van der Waals surface area contributed by atoms with Gasteiger partial charge in [0.05, 0.1) is 27.8 Å². The second kappa shape index (κ2) is 17.8. The Kier molecular flexibility index (Phi) is 12.2. The molecule has 11 heteroatoms. The second-order valence-corrected chi connectivity index (χ2v) is 12.3. The predicted molar refractivity (Wildman–Crippen MR) is 194 cm³/mol. The highest BCUT2D eigenvalue weighted by Crippen LogP contribution is 2.33. The maximum atomic E-state index is 13.8. The summed E-state index contributed by atoms with van der Waals surface area (Å²) < 4.78 is 36.2. The molecule has 1 unspecified atom stereocenters. The summed E-state index contributed by atoms with van der Waals surface area (Å²) >= 11 is 0. The highest BCUT2D eigenvalue weighted by Gasteiger charge is 2.55. The standard InChI is InChI=1S/C43H36O11/c1-28(50-40(45)30-19-9-3-10-20-30)35-37(53-42(47)32-23-13-5-14-24-32)38(54-43(48)33-25-15-6-16-26-33)36(52-41(46)31-21-11-4-12-22-31)34(51-35)27-49-39(44)29-17-7-2-8-18-29/h2-26,28,34-38H,27H2,1H3/t28?,34-,35-,36-,37+,38+/m1/s1. The van der Waals surface area contributed by atoms with Crippen LogP contribution >= 0.6 is 0 Å². The van der Waals surface area contributed by atoms with Crippen LogP contribution in [0.25, 0.3) is 0 Å². The van der Waals surface area contributed by atoms with Crippen LogP contribution in [0.3, 0.4) is 0 Å². The number of ether oxygens (including phenoxy) is 6. The first kappa shape index (κ1) is 37.2. The molecule has 1 heterocycles. The average molecular weight is 729 g/mol. The van der Waals surface area contributed by atoms with Gasteiger partial charge in [-0.1, -0.05) is 91.0 Å². The lowest BCUT2D eigenvalue weighted by Crippen LogP contribution is -2.65. The zero-order valence-electron chi connectivity index (χ0n) is 29.1. The fourth-order valence-corrected chi connectivity index (χ4v) is 5.86. The molecule has 0 bridgehead atoms. The van der Waals surface area contributed by atoms with Gasteiger partial charge in [-0.15, -0.1) is 0 Å². The fourth-order valence-electron chi connectivity index (χ4n) is 5.86. The molecule has 5 aromatic rings. The van der Waals surface area contributed by atoms with E-state index >= 15 is 0 Å². The summed E-state index contributed by atoms with van der Waals surface area (Å²) in [5.74, 6) is -3.89. The molecule has 1 aliphatic heterocycles. The van der Waals surface area contributed by atoms with E-state index in [4.69, 9.17) is 28.4 Å². The van der Waals surface area contributed by atoms with Gasteiger partial charge in [0.15, 0.2) is 18.3 Å². The molecule has 6 rings (SSSR count). The van der Waals surface area contributed by atoms with Crippen LogP contribution in [0.15, 0.2) is 152 Å². The van der Waals surface area contributed by atoms with Crippen LogP contribution in [0.2, 0.25) is 0 Å². The Morgan fingerprint density at radius 1 is 0.463 bits per heavy atom. The topological polar surface area (TPSA) is 141 Å². The molecule has 1 fully saturated rings. The van der Waals surface area contributed by atoms with Gasteiger partial charge in [-0.2, -0.15) is 0 Å². The van der Waals surface area contributed by atoms with E-state index in [2.05, 4.69) is 0 Å². The molecule has 1 saturated heterocycles. The predicted octanol–water partition coefficient (Wildman–Crippen LogP) is 6.53. The molecule has 0 N–H and O–H groups in total.